The van der Waals surface area contributed by atoms with Crippen molar-refractivity contribution in [3.8, 4) is 0 Å². The maximum Gasteiger partial charge on any atom is 0.255 e. The molecule has 1 aliphatic heterocycles. The van der Waals surface area contributed by atoms with Crippen LogP contribution in [0, 0.1) is 0 Å². The van der Waals surface area contributed by atoms with E-state index in [1.807, 2.05) is 0 Å². The van der Waals surface area contributed by atoms with Gasteiger partial charge in [-0.25, -0.2) is 13.1 Å². The van der Waals surface area contributed by atoms with Gasteiger partial charge in [-0.05, 0) is 35.9 Å². The van der Waals surface area contributed by atoms with Crippen molar-refractivity contribution in [2.45, 2.75) is 24.3 Å². The van der Waals surface area contributed by atoms with Crippen molar-refractivity contribution in [2.24, 2.45) is 0 Å². The van der Waals surface area contributed by atoms with Gasteiger partial charge >= 0.3 is 0 Å². The minimum Gasteiger partial charge on any atom is -0.322 e. The minimum absolute atomic E-state index is 0.0210. The molecule has 156 valence electrons. The van der Waals surface area contributed by atoms with E-state index in [9.17, 15) is 22.8 Å². The summed E-state index contributed by atoms with van der Waals surface area (Å²) in [7, 11) is -3.74. The van der Waals surface area contributed by atoms with Gasteiger partial charge in [-0.3, -0.25) is 19.3 Å². The van der Waals surface area contributed by atoms with Crippen LogP contribution in [0.1, 0.15) is 28.8 Å². The minimum atomic E-state index is -3.74. The molecule has 1 heterocycles. The van der Waals surface area contributed by atoms with E-state index in [0.29, 0.717) is 5.69 Å². The number of carbonyl (C=O) groups excluding carboxylic acids is 3. The molecule has 0 spiro atoms. The molecule has 2 N–H and O–H groups in total. The number of likely N-dealkylation sites (tertiary alicyclic amines) is 1. The lowest BCUT2D eigenvalue weighted by Crippen LogP contribution is -2.28. The van der Waals surface area contributed by atoms with Gasteiger partial charge in [-0.2, -0.15) is 0 Å². The van der Waals surface area contributed by atoms with Gasteiger partial charge in [0.05, 0.1) is 11.4 Å². The number of nitrogens with one attached hydrogen (secondary N) is 2. The van der Waals surface area contributed by atoms with E-state index in [0.717, 1.165) is 5.56 Å². The number of imide groups is 1. The molecule has 0 aromatic heterocycles. The van der Waals surface area contributed by atoms with E-state index in [2.05, 4.69) is 16.6 Å². The van der Waals surface area contributed by atoms with E-state index in [1.54, 1.807) is 24.3 Å². The Morgan fingerprint density at radius 1 is 1.07 bits per heavy atom. The summed E-state index contributed by atoms with van der Waals surface area (Å²) >= 11 is 0. The van der Waals surface area contributed by atoms with Gasteiger partial charge in [0.1, 0.15) is 0 Å². The molecule has 0 aliphatic carbocycles. The van der Waals surface area contributed by atoms with Crippen molar-refractivity contribution in [3.63, 3.8) is 0 Å². The van der Waals surface area contributed by atoms with Gasteiger partial charge in [-0.15, -0.1) is 6.58 Å². The number of carbonyl (C=O) groups is 3. The smallest absolute Gasteiger partial charge is 0.255 e. The SMILES string of the molecule is C=CCNS(=O)(=O)c1cccc(C(=O)Nc2ccc(CN3C(=O)CCC3=O)cc2)c1. The molecule has 3 rings (SSSR count). The van der Waals surface area contributed by atoms with E-state index < -0.39 is 15.9 Å². The fraction of sp³-hybridized carbons (Fsp3) is 0.190. The molecule has 2 aromatic carbocycles. The maximum absolute atomic E-state index is 12.5. The van der Waals surface area contributed by atoms with Crippen molar-refractivity contribution >= 4 is 33.4 Å². The summed E-state index contributed by atoms with van der Waals surface area (Å²) in [6.45, 7) is 3.75. The fourth-order valence-corrected chi connectivity index (χ4v) is 3.98. The van der Waals surface area contributed by atoms with Gasteiger partial charge in [0.25, 0.3) is 5.91 Å². The second-order valence-electron chi connectivity index (χ2n) is 6.69. The van der Waals surface area contributed by atoms with Crippen LogP contribution < -0.4 is 10.0 Å². The molecular formula is C21H21N3O5S. The van der Waals surface area contributed by atoms with Gasteiger partial charge in [0, 0.05) is 30.6 Å². The second-order valence-corrected chi connectivity index (χ2v) is 8.46. The Morgan fingerprint density at radius 3 is 2.37 bits per heavy atom. The third kappa shape index (κ3) is 5.00. The number of benzene rings is 2. The van der Waals surface area contributed by atoms with Crippen LogP contribution in [-0.4, -0.2) is 37.6 Å². The zero-order valence-corrected chi connectivity index (χ0v) is 16.9. The first-order chi connectivity index (χ1) is 14.3. The second kappa shape index (κ2) is 9.02. The lowest BCUT2D eigenvalue weighted by atomic mass is 10.1. The summed E-state index contributed by atoms with van der Waals surface area (Å²) < 4.78 is 26.8. The Hall–Kier alpha value is -3.30. The van der Waals surface area contributed by atoms with Crippen LogP contribution in [0.25, 0.3) is 0 Å². The van der Waals surface area contributed by atoms with Crippen LogP contribution in [0.2, 0.25) is 0 Å². The van der Waals surface area contributed by atoms with Crippen LogP contribution in [0.5, 0.6) is 0 Å². The molecule has 0 saturated carbocycles. The van der Waals surface area contributed by atoms with Gasteiger partial charge in [0.15, 0.2) is 0 Å². The fourth-order valence-electron chi connectivity index (χ4n) is 2.94. The molecule has 0 bridgehead atoms. The summed E-state index contributed by atoms with van der Waals surface area (Å²) in [6.07, 6.45) is 1.91. The highest BCUT2D eigenvalue weighted by atomic mass is 32.2. The predicted octanol–water partition coefficient (Wildman–Crippen LogP) is 2.05. The molecule has 0 atom stereocenters. The summed E-state index contributed by atoms with van der Waals surface area (Å²) in [5.41, 5.74) is 1.45. The molecule has 0 unspecified atom stereocenters. The van der Waals surface area contributed by atoms with E-state index in [-0.39, 0.29) is 48.2 Å². The van der Waals surface area contributed by atoms with Crippen molar-refractivity contribution in [2.75, 3.05) is 11.9 Å². The molecule has 9 heteroatoms. The molecule has 30 heavy (non-hydrogen) atoms. The molecule has 8 nitrogen and oxygen atoms in total. The Balaban J connectivity index is 1.67. The number of rotatable bonds is 8. The third-order valence-electron chi connectivity index (χ3n) is 4.53. The Labute approximate surface area is 174 Å². The normalized spacial score (nSPS) is 14.1. The number of nitrogens with zero attached hydrogens (tertiary/aromatic N) is 1. The highest BCUT2D eigenvalue weighted by molar-refractivity contribution is 7.89. The molecular weight excluding hydrogens is 406 g/mol. The van der Waals surface area contributed by atoms with E-state index >= 15 is 0 Å². The molecule has 3 amide bonds. The predicted molar refractivity (Wildman–Crippen MR) is 111 cm³/mol. The van der Waals surface area contributed by atoms with Crippen LogP contribution in [0.15, 0.2) is 66.1 Å². The highest BCUT2D eigenvalue weighted by Gasteiger charge is 2.28. The Bertz CT molecular complexity index is 1080. The van der Waals surface area contributed by atoms with E-state index in [1.165, 1.54) is 35.2 Å². The van der Waals surface area contributed by atoms with Crippen molar-refractivity contribution < 1.29 is 22.8 Å². The van der Waals surface area contributed by atoms with Crippen LogP contribution >= 0.6 is 0 Å². The highest BCUT2D eigenvalue weighted by Crippen LogP contribution is 2.18. The zero-order chi connectivity index (χ0) is 21.7. The lowest BCUT2D eigenvalue weighted by Gasteiger charge is -2.14. The van der Waals surface area contributed by atoms with Gasteiger partial charge < -0.3 is 5.32 Å². The number of sulfonamides is 1. The molecule has 2 aromatic rings. The van der Waals surface area contributed by atoms with Gasteiger partial charge in [-0.1, -0.05) is 24.3 Å². The first-order valence-corrected chi connectivity index (χ1v) is 10.7. The standard InChI is InChI=1S/C21H21N3O5S/c1-2-12-22-30(28,29)18-5-3-4-16(13-18)21(27)23-17-8-6-15(7-9-17)14-24-19(25)10-11-20(24)26/h2-9,13,22H,1,10-12,14H2,(H,23,27). The number of hydrogen-bond acceptors (Lipinski definition) is 5. The average Bonchev–Trinajstić information content (AvgIpc) is 3.05. The number of anilines is 1. The van der Waals surface area contributed by atoms with Crippen LogP contribution in [0.3, 0.4) is 0 Å². The van der Waals surface area contributed by atoms with Crippen molar-refractivity contribution in [1.29, 1.82) is 0 Å². The number of amides is 3. The molecule has 1 saturated heterocycles. The first kappa shape index (κ1) is 21.4. The number of hydrogen-bond donors (Lipinski definition) is 2. The molecule has 0 radical (unpaired) electrons. The van der Waals surface area contributed by atoms with Gasteiger partial charge in [0.2, 0.25) is 21.8 Å². The van der Waals surface area contributed by atoms with E-state index in [4.69, 9.17) is 0 Å². The topological polar surface area (TPSA) is 113 Å². The molecule has 1 fully saturated rings. The Kier molecular flexibility index (Phi) is 6.43. The third-order valence-corrected chi connectivity index (χ3v) is 5.95. The largest absolute Gasteiger partial charge is 0.322 e. The van der Waals surface area contributed by atoms with Crippen LogP contribution in [0.4, 0.5) is 5.69 Å². The first-order valence-electron chi connectivity index (χ1n) is 9.24. The Morgan fingerprint density at radius 2 is 1.73 bits per heavy atom. The molecule has 1 aliphatic rings. The lowest BCUT2D eigenvalue weighted by molar-refractivity contribution is -0.139. The summed E-state index contributed by atoms with van der Waals surface area (Å²) in [6, 6.07) is 12.4. The van der Waals surface area contributed by atoms with Crippen LogP contribution in [-0.2, 0) is 26.2 Å². The quantitative estimate of drug-likeness (QED) is 0.495. The summed E-state index contributed by atoms with van der Waals surface area (Å²) in [5.74, 6) is -0.835. The zero-order valence-electron chi connectivity index (χ0n) is 16.1. The summed E-state index contributed by atoms with van der Waals surface area (Å²) in [4.78, 5) is 37.1. The summed E-state index contributed by atoms with van der Waals surface area (Å²) in [5, 5.41) is 2.70. The average molecular weight is 427 g/mol. The van der Waals surface area contributed by atoms with Crippen molar-refractivity contribution in [3.05, 3.63) is 72.3 Å². The monoisotopic (exact) mass is 427 g/mol. The van der Waals surface area contributed by atoms with Crippen molar-refractivity contribution in [1.82, 2.24) is 9.62 Å². The maximum atomic E-state index is 12.5.